The molecule has 3 aromatic heterocycles. The van der Waals surface area contributed by atoms with Crippen LogP contribution in [0.5, 0.6) is 11.5 Å². The number of methoxy groups -OCH3 is 1. The van der Waals surface area contributed by atoms with Gasteiger partial charge in [-0.05, 0) is 41.0 Å². The molecule has 7 nitrogen and oxygen atoms in total. The van der Waals surface area contributed by atoms with Gasteiger partial charge in [-0.25, -0.2) is 14.5 Å². The highest BCUT2D eigenvalue weighted by molar-refractivity contribution is 6.09. The molecule has 4 aromatic carbocycles. The zero-order chi connectivity index (χ0) is 27.6. The van der Waals surface area contributed by atoms with Crippen LogP contribution in [0.25, 0.3) is 39.1 Å². The third-order valence-corrected chi connectivity index (χ3v) is 7.14. The highest BCUT2D eigenvalue weighted by Gasteiger charge is 2.25. The zero-order valence-electron chi connectivity index (χ0n) is 22.5. The fraction of sp³-hybridized carbons (Fsp3) is 0.0882. The second-order valence-electron chi connectivity index (χ2n) is 9.73. The van der Waals surface area contributed by atoms with Gasteiger partial charge in [-0.3, -0.25) is 0 Å². The van der Waals surface area contributed by atoms with Crippen LogP contribution in [-0.4, -0.2) is 31.3 Å². The average molecular weight is 538 g/mol. The summed E-state index contributed by atoms with van der Waals surface area (Å²) in [6.45, 7) is 0.894. The average Bonchev–Trinajstić information content (AvgIpc) is 3.60. The first-order chi connectivity index (χ1) is 20.3. The molecule has 7 aromatic rings. The van der Waals surface area contributed by atoms with Gasteiger partial charge in [0.2, 0.25) is 0 Å². The van der Waals surface area contributed by atoms with Crippen molar-refractivity contribution in [2.45, 2.75) is 13.2 Å². The molecule has 41 heavy (non-hydrogen) atoms. The van der Waals surface area contributed by atoms with Gasteiger partial charge in [0.1, 0.15) is 30.1 Å². The maximum absolute atomic E-state index is 6.01. The van der Waals surface area contributed by atoms with Crippen LogP contribution in [0.1, 0.15) is 11.4 Å². The Hall–Kier alpha value is -5.43. The summed E-state index contributed by atoms with van der Waals surface area (Å²) in [5, 5.41) is 5.68. The molecule has 0 fully saturated rings. The molecule has 7 rings (SSSR count). The molecule has 0 N–H and O–H groups in total. The lowest BCUT2D eigenvalue weighted by molar-refractivity contribution is 0.295. The number of hydrogen-bond acceptors (Lipinski definition) is 5. The van der Waals surface area contributed by atoms with Crippen molar-refractivity contribution in [1.29, 1.82) is 0 Å². The maximum atomic E-state index is 6.01. The van der Waals surface area contributed by atoms with Crippen molar-refractivity contribution in [2.24, 2.45) is 0 Å². The summed E-state index contributed by atoms with van der Waals surface area (Å²) in [5.74, 6) is 2.07. The fourth-order valence-corrected chi connectivity index (χ4v) is 5.26. The van der Waals surface area contributed by atoms with E-state index in [4.69, 9.17) is 24.5 Å². The molecule has 0 spiro atoms. The molecule has 0 saturated carbocycles. The number of nitrogens with zero attached hydrogens (tertiary/aromatic N) is 5. The normalized spacial score (nSPS) is 11.2. The quantitative estimate of drug-likeness (QED) is 0.208. The summed E-state index contributed by atoms with van der Waals surface area (Å²) in [6, 6.07) is 38.9. The highest BCUT2D eigenvalue weighted by Crippen LogP contribution is 2.42. The zero-order valence-corrected chi connectivity index (χ0v) is 22.5. The van der Waals surface area contributed by atoms with Crippen LogP contribution in [0.4, 0.5) is 0 Å². The van der Waals surface area contributed by atoms with E-state index in [-0.39, 0.29) is 6.61 Å². The second kappa shape index (κ2) is 10.6. The predicted molar refractivity (Wildman–Crippen MR) is 160 cm³/mol. The fourth-order valence-electron chi connectivity index (χ4n) is 5.26. The minimum absolute atomic E-state index is 0.229. The lowest BCUT2D eigenvalue weighted by Crippen LogP contribution is -2.03. The summed E-state index contributed by atoms with van der Waals surface area (Å²) in [4.78, 5) is 9.94. The summed E-state index contributed by atoms with van der Waals surface area (Å²) < 4.78 is 15.3. The van der Waals surface area contributed by atoms with E-state index >= 15 is 0 Å². The van der Waals surface area contributed by atoms with Gasteiger partial charge in [0.15, 0.2) is 11.5 Å². The summed E-state index contributed by atoms with van der Waals surface area (Å²) in [6.07, 6.45) is 1.74. The largest absolute Gasteiger partial charge is 0.497 e. The molecule has 0 aliphatic carbocycles. The monoisotopic (exact) mass is 537 g/mol. The van der Waals surface area contributed by atoms with Crippen molar-refractivity contribution in [3.8, 4) is 33.9 Å². The highest BCUT2D eigenvalue weighted by atomic mass is 16.5. The van der Waals surface area contributed by atoms with Crippen molar-refractivity contribution in [2.75, 3.05) is 7.11 Å². The Morgan fingerprint density at radius 3 is 2.00 bits per heavy atom. The van der Waals surface area contributed by atoms with Gasteiger partial charge in [-0.15, -0.1) is 5.10 Å². The number of ether oxygens (including phenoxy) is 2. The van der Waals surface area contributed by atoms with E-state index in [9.17, 15) is 0 Å². The number of benzene rings is 4. The van der Waals surface area contributed by atoms with Gasteiger partial charge >= 0.3 is 0 Å². The minimum Gasteiger partial charge on any atom is -0.497 e. The Balaban J connectivity index is 1.43. The van der Waals surface area contributed by atoms with E-state index in [0.717, 1.165) is 50.6 Å². The van der Waals surface area contributed by atoms with Crippen LogP contribution in [-0.2, 0) is 13.2 Å². The molecular weight excluding hydrogens is 510 g/mol. The molecule has 0 unspecified atom stereocenters. The standard InChI is InChI=1S/C34H27N5O2/c1-40-27-17-19-28(20-18-27)41-22-29-36-34-31-30(25-13-7-3-8-14-25)32(26-15-9-4-10-16-26)38(21-24-11-5-2-6-12-24)33(31)35-23-39(34)37-29/h2-20,23H,21-22H2,1H3. The molecule has 200 valence electrons. The number of hydrogen-bond donors (Lipinski definition) is 0. The van der Waals surface area contributed by atoms with E-state index in [1.165, 1.54) is 5.56 Å². The topological polar surface area (TPSA) is 66.5 Å². The molecule has 0 amide bonds. The Morgan fingerprint density at radius 2 is 1.32 bits per heavy atom. The summed E-state index contributed by atoms with van der Waals surface area (Å²) in [5.41, 5.74) is 7.17. The molecule has 0 aliphatic rings. The van der Waals surface area contributed by atoms with Crippen LogP contribution in [0.3, 0.4) is 0 Å². The molecule has 0 atom stereocenters. The van der Waals surface area contributed by atoms with E-state index in [0.29, 0.717) is 12.4 Å². The molecule has 0 radical (unpaired) electrons. The van der Waals surface area contributed by atoms with Gasteiger partial charge in [-0.1, -0.05) is 91.0 Å². The van der Waals surface area contributed by atoms with Gasteiger partial charge in [0, 0.05) is 12.1 Å². The Morgan fingerprint density at radius 1 is 0.683 bits per heavy atom. The number of rotatable bonds is 8. The lowest BCUT2D eigenvalue weighted by atomic mass is 9.99. The lowest BCUT2D eigenvalue weighted by Gasteiger charge is -2.13. The van der Waals surface area contributed by atoms with Crippen molar-refractivity contribution < 1.29 is 9.47 Å². The van der Waals surface area contributed by atoms with Gasteiger partial charge in [0.05, 0.1) is 18.2 Å². The Bertz CT molecular complexity index is 1930. The summed E-state index contributed by atoms with van der Waals surface area (Å²) in [7, 11) is 1.64. The van der Waals surface area contributed by atoms with Crippen molar-refractivity contribution in [1.82, 2.24) is 24.1 Å². The molecule has 0 bridgehead atoms. The third-order valence-electron chi connectivity index (χ3n) is 7.14. The van der Waals surface area contributed by atoms with Crippen LogP contribution >= 0.6 is 0 Å². The van der Waals surface area contributed by atoms with Crippen LogP contribution in [0.15, 0.2) is 122 Å². The Kier molecular flexibility index (Phi) is 6.37. The molecule has 0 aliphatic heterocycles. The van der Waals surface area contributed by atoms with Crippen LogP contribution < -0.4 is 9.47 Å². The van der Waals surface area contributed by atoms with Crippen molar-refractivity contribution in [3.05, 3.63) is 133 Å². The van der Waals surface area contributed by atoms with Crippen LogP contribution in [0.2, 0.25) is 0 Å². The molecule has 0 saturated heterocycles. The molecule has 7 heteroatoms. The maximum Gasteiger partial charge on any atom is 0.189 e. The van der Waals surface area contributed by atoms with Crippen molar-refractivity contribution >= 4 is 16.7 Å². The van der Waals surface area contributed by atoms with E-state index in [1.54, 1.807) is 18.0 Å². The second-order valence-corrected chi connectivity index (χ2v) is 9.73. The van der Waals surface area contributed by atoms with Crippen molar-refractivity contribution in [3.63, 3.8) is 0 Å². The predicted octanol–water partition coefficient (Wildman–Crippen LogP) is 7.05. The SMILES string of the molecule is COc1ccc(OCc2nc3c4c(-c5ccccc5)c(-c5ccccc5)n(Cc5ccccc5)c4ncn3n2)cc1. The van der Waals surface area contributed by atoms with E-state index in [2.05, 4.69) is 77.4 Å². The van der Waals surface area contributed by atoms with Crippen LogP contribution in [0, 0.1) is 0 Å². The molecule has 3 heterocycles. The first-order valence-corrected chi connectivity index (χ1v) is 13.5. The van der Waals surface area contributed by atoms with E-state index < -0.39 is 0 Å². The minimum atomic E-state index is 0.229. The molecular formula is C34H27N5O2. The van der Waals surface area contributed by atoms with Gasteiger partial charge < -0.3 is 14.0 Å². The first kappa shape index (κ1) is 24.6. The third kappa shape index (κ3) is 4.67. The van der Waals surface area contributed by atoms with Gasteiger partial charge in [-0.2, -0.15) is 0 Å². The number of aromatic nitrogens is 5. The smallest absolute Gasteiger partial charge is 0.189 e. The summed E-state index contributed by atoms with van der Waals surface area (Å²) >= 11 is 0. The Labute approximate surface area is 237 Å². The van der Waals surface area contributed by atoms with Gasteiger partial charge in [0.25, 0.3) is 0 Å². The number of fused-ring (bicyclic) bond motifs is 3. The van der Waals surface area contributed by atoms with E-state index in [1.807, 2.05) is 42.5 Å². The first-order valence-electron chi connectivity index (χ1n) is 13.5.